The minimum atomic E-state index is -0.0193. The number of likely N-dealkylation sites (N-methyl/N-ethyl adjacent to an activating group) is 1. The summed E-state index contributed by atoms with van der Waals surface area (Å²) >= 11 is 0. The Balaban J connectivity index is 1.98. The van der Waals surface area contributed by atoms with Gasteiger partial charge in [0.25, 0.3) is 5.91 Å². The second kappa shape index (κ2) is 5.87. The van der Waals surface area contributed by atoms with Crippen LogP contribution in [-0.2, 0) is 0 Å². The molecule has 1 atom stereocenters. The van der Waals surface area contributed by atoms with Gasteiger partial charge in [0.15, 0.2) is 0 Å². The molecule has 1 aromatic rings. The van der Waals surface area contributed by atoms with E-state index in [4.69, 9.17) is 4.74 Å². The topological polar surface area (TPSA) is 41.6 Å². The second-order valence-electron chi connectivity index (χ2n) is 4.81. The van der Waals surface area contributed by atoms with E-state index in [0.717, 1.165) is 25.9 Å². The Morgan fingerprint density at radius 2 is 2.33 bits per heavy atom. The van der Waals surface area contributed by atoms with Gasteiger partial charge in [-0.25, -0.2) is 0 Å². The summed E-state index contributed by atoms with van der Waals surface area (Å²) in [5, 5.41) is 3.08. The van der Waals surface area contributed by atoms with Crippen LogP contribution in [-0.4, -0.2) is 44.1 Å². The molecule has 1 aliphatic rings. The number of carbonyl (C=O) groups is 1. The molecule has 1 saturated heterocycles. The molecule has 4 nitrogen and oxygen atoms in total. The molecule has 1 heterocycles. The fourth-order valence-corrected chi connectivity index (χ4v) is 2.32. The Kier molecular flexibility index (Phi) is 4.20. The zero-order valence-electron chi connectivity index (χ0n) is 11.0. The third kappa shape index (κ3) is 3.23. The smallest absolute Gasteiger partial charge is 0.251 e. The number of hydrogen-bond acceptors (Lipinski definition) is 3. The van der Waals surface area contributed by atoms with Gasteiger partial charge in [-0.3, -0.25) is 4.79 Å². The molecular formula is C14H20N2O2. The molecule has 4 heteroatoms. The number of rotatable bonds is 3. The Labute approximate surface area is 108 Å². The number of nitrogens with zero attached hydrogens (tertiary/aromatic N) is 1. The number of piperidine rings is 1. The maximum absolute atomic E-state index is 12.1. The maximum atomic E-state index is 12.1. The SMILES string of the molecule is COc1cccc(C(=O)NC2CCCN(C)C2)c1. The van der Waals surface area contributed by atoms with Crippen LogP contribution in [0.3, 0.4) is 0 Å². The molecule has 0 bridgehead atoms. The summed E-state index contributed by atoms with van der Waals surface area (Å²) in [5.74, 6) is 0.692. The average Bonchev–Trinajstić information content (AvgIpc) is 2.39. The number of hydrogen-bond donors (Lipinski definition) is 1. The van der Waals surface area contributed by atoms with Gasteiger partial charge in [-0.1, -0.05) is 6.07 Å². The predicted octanol–water partition coefficient (Wildman–Crippen LogP) is 1.52. The van der Waals surface area contributed by atoms with E-state index >= 15 is 0 Å². The Morgan fingerprint density at radius 3 is 3.06 bits per heavy atom. The molecule has 0 aliphatic carbocycles. The largest absolute Gasteiger partial charge is 0.497 e. The zero-order valence-corrected chi connectivity index (χ0v) is 11.0. The number of ether oxygens (including phenoxy) is 1. The quantitative estimate of drug-likeness (QED) is 0.881. The Bertz CT molecular complexity index is 420. The van der Waals surface area contributed by atoms with Gasteiger partial charge in [0, 0.05) is 18.2 Å². The van der Waals surface area contributed by atoms with Gasteiger partial charge in [0.2, 0.25) is 0 Å². The van der Waals surface area contributed by atoms with E-state index < -0.39 is 0 Å². The van der Waals surface area contributed by atoms with Crippen LogP contribution in [0.5, 0.6) is 5.75 Å². The van der Waals surface area contributed by atoms with Crippen LogP contribution in [0.25, 0.3) is 0 Å². The highest BCUT2D eigenvalue weighted by molar-refractivity contribution is 5.94. The summed E-state index contributed by atoms with van der Waals surface area (Å²) in [6, 6.07) is 7.50. The third-order valence-electron chi connectivity index (χ3n) is 3.29. The zero-order chi connectivity index (χ0) is 13.0. The fraction of sp³-hybridized carbons (Fsp3) is 0.500. The van der Waals surface area contributed by atoms with E-state index in [9.17, 15) is 4.79 Å². The lowest BCUT2D eigenvalue weighted by Crippen LogP contribution is -2.46. The number of methoxy groups -OCH3 is 1. The van der Waals surface area contributed by atoms with Crippen LogP contribution >= 0.6 is 0 Å². The number of likely N-dealkylation sites (tertiary alicyclic amines) is 1. The molecule has 1 aliphatic heterocycles. The highest BCUT2D eigenvalue weighted by atomic mass is 16.5. The highest BCUT2D eigenvalue weighted by Gasteiger charge is 2.19. The third-order valence-corrected chi connectivity index (χ3v) is 3.29. The molecule has 1 N–H and O–H groups in total. The van der Waals surface area contributed by atoms with E-state index in [1.807, 2.05) is 18.2 Å². The second-order valence-corrected chi connectivity index (χ2v) is 4.81. The van der Waals surface area contributed by atoms with Crippen molar-refractivity contribution in [3.63, 3.8) is 0 Å². The van der Waals surface area contributed by atoms with Crippen molar-refractivity contribution in [2.75, 3.05) is 27.2 Å². The van der Waals surface area contributed by atoms with E-state index in [1.165, 1.54) is 0 Å². The van der Waals surface area contributed by atoms with Gasteiger partial charge < -0.3 is 15.0 Å². The highest BCUT2D eigenvalue weighted by Crippen LogP contribution is 2.14. The normalized spacial score (nSPS) is 20.4. The van der Waals surface area contributed by atoms with Crippen molar-refractivity contribution in [3.8, 4) is 5.75 Å². The predicted molar refractivity (Wildman–Crippen MR) is 71.0 cm³/mol. The van der Waals surface area contributed by atoms with Gasteiger partial charge in [0.05, 0.1) is 7.11 Å². The molecule has 0 radical (unpaired) electrons. The summed E-state index contributed by atoms with van der Waals surface area (Å²) in [7, 11) is 3.69. The van der Waals surface area contributed by atoms with Crippen molar-refractivity contribution in [3.05, 3.63) is 29.8 Å². The molecule has 1 unspecified atom stereocenters. The number of nitrogens with one attached hydrogen (secondary N) is 1. The lowest BCUT2D eigenvalue weighted by atomic mass is 10.1. The Morgan fingerprint density at radius 1 is 1.50 bits per heavy atom. The first-order valence-corrected chi connectivity index (χ1v) is 6.32. The van der Waals surface area contributed by atoms with Crippen molar-refractivity contribution < 1.29 is 9.53 Å². The molecule has 0 spiro atoms. The number of amides is 1. The first kappa shape index (κ1) is 12.9. The summed E-state index contributed by atoms with van der Waals surface area (Å²) in [5.41, 5.74) is 0.655. The first-order valence-electron chi connectivity index (χ1n) is 6.32. The lowest BCUT2D eigenvalue weighted by molar-refractivity contribution is 0.0912. The molecular weight excluding hydrogens is 228 g/mol. The summed E-state index contributed by atoms with van der Waals surface area (Å²) in [6.07, 6.45) is 2.19. The van der Waals surface area contributed by atoms with Crippen molar-refractivity contribution in [2.24, 2.45) is 0 Å². The molecule has 1 aromatic carbocycles. The van der Waals surface area contributed by atoms with Crippen LogP contribution in [0.1, 0.15) is 23.2 Å². The Hall–Kier alpha value is -1.55. The maximum Gasteiger partial charge on any atom is 0.251 e. The van der Waals surface area contributed by atoms with Crippen LogP contribution in [0, 0.1) is 0 Å². The van der Waals surface area contributed by atoms with E-state index in [2.05, 4.69) is 17.3 Å². The number of carbonyl (C=O) groups excluding carboxylic acids is 1. The van der Waals surface area contributed by atoms with Gasteiger partial charge >= 0.3 is 0 Å². The van der Waals surface area contributed by atoms with Gasteiger partial charge in [-0.2, -0.15) is 0 Å². The van der Waals surface area contributed by atoms with Crippen LogP contribution in [0.4, 0.5) is 0 Å². The molecule has 0 aromatic heterocycles. The summed E-state index contributed by atoms with van der Waals surface area (Å²) in [6.45, 7) is 2.04. The minimum Gasteiger partial charge on any atom is -0.497 e. The monoisotopic (exact) mass is 248 g/mol. The molecule has 2 rings (SSSR count). The standard InChI is InChI=1S/C14H20N2O2/c1-16-8-4-6-12(10-16)15-14(17)11-5-3-7-13(9-11)18-2/h3,5,7,9,12H,4,6,8,10H2,1-2H3,(H,15,17). The molecule has 0 saturated carbocycles. The van der Waals surface area contributed by atoms with Crippen LogP contribution < -0.4 is 10.1 Å². The molecule has 1 fully saturated rings. The first-order chi connectivity index (χ1) is 8.69. The van der Waals surface area contributed by atoms with Crippen LogP contribution in [0.2, 0.25) is 0 Å². The molecule has 1 amide bonds. The van der Waals surface area contributed by atoms with Gasteiger partial charge in [-0.05, 0) is 44.6 Å². The van der Waals surface area contributed by atoms with Crippen molar-refractivity contribution in [1.82, 2.24) is 10.2 Å². The van der Waals surface area contributed by atoms with Gasteiger partial charge in [-0.15, -0.1) is 0 Å². The van der Waals surface area contributed by atoms with Crippen molar-refractivity contribution in [1.29, 1.82) is 0 Å². The summed E-state index contributed by atoms with van der Waals surface area (Å²) < 4.78 is 5.12. The molecule has 18 heavy (non-hydrogen) atoms. The van der Waals surface area contributed by atoms with Crippen molar-refractivity contribution >= 4 is 5.91 Å². The van der Waals surface area contributed by atoms with Crippen LogP contribution in [0.15, 0.2) is 24.3 Å². The van der Waals surface area contributed by atoms with E-state index in [-0.39, 0.29) is 11.9 Å². The van der Waals surface area contributed by atoms with Gasteiger partial charge in [0.1, 0.15) is 5.75 Å². The molecule has 98 valence electrons. The fourth-order valence-electron chi connectivity index (χ4n) is 2.32. The lowest BCUT2D eigenvalue weighted by Gasteiger charge is -2.30. The number of benzene rings is 1. The van der Waals surface area contributed by atoms with E-state index in [1.54, 1.807) is 13.2 Å². The summed E-state index contributed by atoms with van der Waals surface area (Å²) in [4.78, 5) is 14.4. The minimum absolute atomic E-state index is 0.0193. The average molecular weight is 248 g/mol. The van der Waals surface area contributed by atoms with E-state index in [0.29, 0.717) is 11.3 Å². The van der Waals surface area contributed by atoms with Crippen molar-refractivity contribution in [2.45, 2.75) is 18.9 Å².